The van der Waals surface area contributed by atoms with E-state index in [0.29, 0.717) is 0 Å². The molecule has 0 amide bonds. The summed E-state index contributed by atoms with van der Waals surface area (Å²) in [5.74, 6) is 0. The molecular formula is C17H15IN2. The first-order valence-corrected chi connectivity index (χ1v) is 7.72. The van der Waals surface area contributed by atoms with Crippen LogP contribution in [0.1, 0.15) is 11.1 Å². The molecule has 0 aliphatic heterocycles. The zero-order valence-electron chi connectivity index (χ0n) is 11.0. The van der Waals surface area contributed by atoms with Crippen molar-refractivity contribution >= 4 is 22.6 Å². The summed E-state index contributed by atoms with van der Waals surface area (Å²) >= 11 is 2.31. The summed E-state index contributed by atoms with van der Waals surface area (Å²) in [5, 5.41) is 4.44. The van der Waals surface area contributed by atoms with Crippen molar-refractivity contribution < 1.29 is 0 Å². The van der Waals surface area contributed by atoms with Gasteiger partial charge < -0.3 is 0 Å². The molecule has 0 aliphatic carbocycles. The summed E-state index contributed by atoms with van der Waals surface area (Å²) in [6, 6.07) is 19.0. The summed E-state index contributed by atoms with van der Waals surface area (Å²) < 4.78 is 3.18. The molecule has 0 radical (unpaired) electrons. The van der Waals surface area contributed by atoms with E-state index in [9.17, 15) is 0 Å². The first-order valence-electron chi connectivity index (χ1n) is 6.65. The second-order valence-corrected chi connectivity index (χ2v) is 6.00. The second-order valence-electron chi connectivity index (χ2n) is 4.76. The molecule has 2 nitrogen and oxygen atoms in total. The zero-order chi connectivity index (χ0) is 13.8. The van der Waals surface area contributed by atoms with Gasteiger partial charge in [-0.1, -0.05) is 30.3 Å². The lowest BCUT2D eigenvalue weighted by Crippen LogP contribution is -1.94. The van der Waals surface area contributed by atoms with Gasteiger partial charge in [0.15, 0.2) is 0 Å². The average Bonchev–Trinajstić information content (AvgIpc) is 2.96. The fourth-order valence-electron chi connectivity index (χ4n) is 2.16. The third-order valence-electron chi connectivity index (χ3n) is 3.27. The van der Waals surface area contributed by atoms with Gasteiger partial charge in [0, 0.05) is 9.77 Å². The standard InChI is InChI=1S/C17H15IN2/c18-16-8-10-17(11-9-16)20-13-15(12-19-20)7-6-14-4-2-1-3-5-14/h1-5,8-13H,6-7H2. The molecule has 3 heteroatoms. The van der Waals surface area contributed by atoms with Gasteiger partial charge in [0.1, 0.15) is 0 Å². The monoisotopic (exact) mass is 374 g/mol. The summed E-state index contributed by atoms with van der Waals surface area (Å²) in [7, 11) is 0. The molecule has 0 spiro atoms. The molecule has 2 aromatic carbocycles. The van der Waals surface area contributed by atoms with Gasteiger partial charge in [0.2, 0.25) is 0 Å². The van der Waals surface area contributed by atoms with Crippen LogP contribution in [0.5, 0.6) is 0 Å². The van der Waals surface area contributed by atoms with Crippen LogP contribution in [0.4, 0.5) is 0 Å². The molecule has 0 bridgehead atoms. The summed E-state index contributed by atoms with van der Waals surface area (Å²) in [4.78, 5) is 0. The fourth-order valence-corrected chi connectivity index (χ4v) is 2.52. The van der Waals surface area contributed by atoms with E-state index in [0.717, 1.165) is 18.5 Å². The Morgan fingerprint density at radius 1 is 0.850 bits per heavy atom. The molecule has 3 aromatic rings. The van der Waals surface area contributed by atoms with E-state index in [1.54, 1.807) is 0 Å². The first kappa shape index (κ1) is 13.4. The van der Waals surface area contributed by atoms with Crippen molar-refractivity contribution in [3.05, 3.63) is 81.7 Å². The van der Waals surface area contributed by atoms with Crippen molar-refractivity contribution in [1.82, 2.24) is 9.78 Å². The van der Waals surface area contributed by atoms with Gasteiger partial charge in [0.05, 0.1) is 11.9 Å². The Morgan fingerprint density at radius 2 is 1.55 bits per heavy atom. The normalized spacial score (nSPS) is 10.7. The van der Waals surface area contributed by atoms with E-state index >= 15 is 0 Å². The highest BCUT2D eigenvalue weighted by Gasteiger charge is 2.01. The van der Waals surface area contributed by atoms with E-state index in [1.165, 1.54) is 14.7 Å². The van der Waals surface area contributed by atoms with Crippen molar-refractivity contribution in [2.24, 2.45) is 0 Å². The fraction of sp³-hybridized carbons (Fsp3) is 0.118. The highest BCUT2D eigenvalue weighted by atomic mass is 127. The SMILES string of the molecule is Ic1ccc(-n2cc(CCc3ccccc3)cn2)cc1. The molecule has 100 valence electrons. The van der Waals surface area contributed by atoms with E-state index in [-0.39, 0.29) is 0 Å². The largest absolute Gasteiger partial charge is 0.241 e. The first-order chi connectivity index (χ1) is 9.81. The van der Waals surface area contributed by atoms with Crippen LogP contribution in [-0.2, 0) is 12.8 Å². The molecule has 0 saturated heterocycles. The van der Waals surface area contributed by atoms with E-state index < -0.39 is 0 Å². The molecule has 1 heterocycles. The Labute approximate surface area is 132 Å². The van der Waals surface area contributed by atoms with Gasteiger partial charge in [-0.05, 0) is 70.8 Å². The maximum atomic E-state index is 4.44. The Hall–Kier alpha value is -1.62. The molecule has 0 aliphatic rings. The highest BCUT2D eigenvalue weighted by Crippen LogP contribution is 2.13. The minimum atomic E-state index is 1.02. The number of nitrogens with zero attached hydrogens (tertiary/aromatic N) is 2. The van der Waals surface area contributed by atoms with Crippen LogP contribution in [0.2, 0.25) is 0 Å². The Morgan fingerprint density at radius 3 is 2.30 bits per heavy atom. The molecule has 3 rings (SSSR count). The van der Waals surface area contributed by atoms with Gasteiger partial charge >= 0.3 is 0 Å². The molecule has 0 saturated carbocycles. The number of aromatic nitrogens is 2. The molecule has 0 N–H and O–H groups in total. The molecule has 1 aromatic heterocycles. The molecule has 0 unspecified atom stereocenters. The Bertz CT molecular complexity index is 672. The zero-order valence-corrected chi connectivity index (χ0v) is 13.2. The van der Waals surface area contributed by atoms with Gasteiger partial charge in [-0.2, -0.15) is 5.10 Å². The lowest BCUT2D eigenvalue weighted by molar-refractivity contribution is 0.878. The van der Waals surface area contributed by atoms with Crippen molar-refractivity contribution in [3.63, 3.8) is 0 Å². The quantitative estimate of drug-likeness (QED) is 0.624. The molecule has 0 atom stereocenters. The number of hydrogen-bond acceptors (Lipinski definition) is 1. The molecular weight excluding hydrogens is 359 g/mol. The lowest BCUT2D eigenvalue weighted by Gasteiger charge is -2.01. The van der Waals surface area contributed by atoms with Gasteiger partial charge in [-0.15, -0.1) is 0 Å². The number of aryl methyl sites for hydroxylation is 2. The van der Waals surface area contributed by atoms with Crippen molar-refractivity contribution in [1.29, 1.82) is 0 Å². The Balaban J connectivity index is 1.69. The van der Waals surface area contributed by atoms with Crippen molar-refractivity contribution in [3.8, 4) is 5.69 Å². The maximum absolute atomic E-state index is 4.44. The van der Waals surface area contributed by atoms with Crippen molar-refractivity contribution in [2.75, 3.05) is 0 Å². The second kappa shape index (κ2) is 6.22. The highest BCUT2D eigenvalue weighted by molar-refractivity contribution is 14.1. The van der Waals surface area contributed by atoms with Crippen LogP contribution in [-0.4, -0.2) is 9.78 Å². The van der Waals surface area contributed by atoms with Gasteiger partial charge in [-0.3, -0.25) is 0 Å². The topological polar surface area (TPSA) is 17.8 Å². The number of hydrogen-bond donors (Lipinski definition) is 0. The van der Waals surface area contributed by atoms with Crippen LogP contribution < -0.4 is 0 Å². The van der Waals surface area contributed by atoms with Crippen LogP contribution in [0.3, 0.4) is 0 Å². The predicted octanol–water partition coefficient (Wildman–Crippen LogP) is 4.26. The summed E-state index contributed by atoms with van der Waals surface area (Å²) in [5.41, 5.74) is 3.75. The van der Waals surface area contributed by atoms with Crippen LogP contribution in [0.25, 0.3) is 5.69 Å². The number of benzene rings is 2. The van der Waals surface area contributed by atoms with E-state index in [2.05, 4.69) is 88.5 Å². The van der Waals surface area contributed by atoms with E-state index in [1.807, 2.05) is 10.9 Å². The molecule has 0 fully saturated rings. The van der Waals surface area contributed by atoms with Gasteiger partial charge in [0.25, 0.3) is 0 Å². The third kappa shape index (κ3) is 3.28. The predicted molar refractivity (Wildman–Crippen MR) is 90.1 cm³/mol. The van der Waals surface area contributed by atoms with Crippen LogP contribution in [0, 0.1) is 3.57 Å². The van der Waals surface area contributed by atoms with Gasteiger partial charge in [-0.25, -0.2) is 4.68 Å². The smallest absolute Gasteiger partial charge is 0.0646 e. The third-order valence-corrected chi connectivity index (χ3v) is 3.99. The van der Waals surface area contributed by atoms with Crippen LogP contribution in [0.15, 0.2) is 67.0 Å². The summed E-state index contributed by atoms with van der Waals surface area (Å²) in [6.45, 7) is 0. The minimum absolute atomic E-state index is 1.02. The minimum Gasteiger partial charge on any atom is -0.241 e. The maximum Gasteiger partial charge on any atom is 0.0646 e. The van der Waals surface area contributed by atoms with Crippen molar-refractivity contribution in [2.45, 2.75) is 12.8 Å². The number of rotatable bonds is 4. The lowest BCUT2D eigenvalue weighted by atomic mass is 10.1. The molecule has 20 heavy (non-hydrogen) atoms. The van der Waals surface area contributed by atoms with Crippen LogP contribution >= 0.6 is 22.6 Å². The average molecular weight is 374 g/mol. The summed E-state index contributed by atoms with van der Waals surface area (Å²) in [6.07, 6.45) is 6.15. The number of halogens is 1. The van der Waals surface area contributed by atoms with E-state index in [4.69, 9.17) is 0 Å². The Kier molecular flexibility index (Phi) is 4.16.